The van der Waals surface area contributed by atoms with Crippen molar-refractivity contribution >= 4 is 38.9 Å². The van der Waals surface area contributed by atoms with Crippen LogP contribution in [-0.2, 0) is 10.8 Å². The Morgan fingerprint density at radius 3 is 1.51 bits per heavy atom. The Balaban J connectivity index is 0.951. The van der Waals surface area contributed by atoms with E-state index < -0.39 is 5.41 Å². The molecular weight excluding hydrogens is 941 g/mol. The fourth-order valence-electron chi connectivity index (χ4n) is 14.3. The summed E-state index contributed by atoms with van der Waals surface area (Å²) in [6.07, 6.45) is 0. The zero-order chi connectivity index (χ0) is 51.7. The molecule has 0 saturated heterocycles. The normalized spacial score (nSPS) is 13.7. The highest BCUT2D eigenvalue weighted by Crippen LogP contribution is 2.64. The Hall–Kier alpha value is -9.76. The molecule has 1 spiro atoms. The van der Waals surface area contributed by atoms with Gasteiger partial charge in [-0.15, -0.1) is 0 Å². The topological polar surface area (TPSA) is 8.17 Å². The number of aromatic nitrogens is 1. The van der Waals surface area contributed by atoms with E-state index in [9.17, 15) is 0 Å². The standard InChI is InChI=1S/C76H52N2/c1-75(2)64-35-17-12-29-56(64)59-43-42-53(47-69(59)75)77(52-27-10-5-11-28-52)54-46-63(50-25-8-4-9-26-50)74-61-33-16-21-40-70(61)78(72(74)48-54)71-44-41-51(45-62(71)49-23-6-3-7-24-49)55-34-22-39-68-73(55)60-32-15-20-38-67(60)76(68)65-36-18-13-30-57(65)58-31-14-19-37-66(58)76/h3-48H,1-2H3. The molecule has 0 radical (unpaired) electrons. The number of anilines is 3. The molecule has 1 aromatic heterocycles. The van der Waals surface area contributed by atoms with Gasteiger partial charge < -0.3 is 9.47 Å². The first-order valence-corrected chi connectivity index (χ1v) is 27.3. The number of fused-ring (bicyclic) bond motifs is 16. The van der Waals surface area contributed by atoms with Gasteiger partial charge in [0.1, 0.15) is 0 Å². The summed E-state index contributed by atoms with van der Waals surface area (Å²) in [7, 11) is 0. The predicted molar refractivity (Wildman–Crippen MR) is 326 cm³/mol. The van der Waals surface area contributed by atoms with E-state index in [-0.39, 0.29) is 5.41 Å². The fourth-order valence-corrected chi connectivity index (χ4v) is 14.3. The summed E-state index contributed by atoms with van der Waals surface area (Å²) in [5, 5.41) is 2.44. The van der Waals surface area contributed by atoms with E-state index in [1.807, 2.05) is 0 Å². The van der Waals surface area contributed by atoms with E-state index in [1.54, 1.807) is 0 Å². The first kappa shape index (κ1) is 44.5. The van der Waals surface area contributed by atoms with Gasteiger partial charge in [0.25, 0.3) is 0 Å². The van der Waals surface area contributed by atoms with Crippen molar-refractivity contribution < 1.29 is 0 Å². The molecule has 0 atom stereocenters. The van der Waals surface area contributed by atoms with Gasteiger partial charge in [0.15, 0.2) is 0 Å². The summed E-state index contributed by atoms with van der Waals surface area (Å²) in [6.45, 7) is 4.74. The predicted octanol–water partition coefficient (Wildman–Crippen LogP) is 19.9. The molecular formula is C76H52N2. The van der Waals surface area contributed by atoms with Crippen LogP contribution in [0.25, 0.3) is 94.3 Å². The van der Waals surface area contributed by atoms with Gasteiger partial charge in [0.2, 0.25) is 0 Å². The zero-order valence-corrected chi connectivity index (χ0v) is 43.5. The molecule has 3 aliphatic rings. The first-order chi connectivity index (χ1) is 38.5. The van der Waals surface area contributed by atoms with Crippen LogP contribution in [0.1, 0.15) is 47.2 Å². The summed E-state index contributed by atoms with van der Waals surface area (Å²) in [5.41, 5.74) is 29.2. The average Bonchev–Trinajstić information content (AvgIpc) is 4.33. The van der Waals surface area contributed by atoms with Crippen molar-refractivity contribution in [1.82, 2.24) is 4.57 Å². The van der Waals surface area contributed by atoms with Crippen LogP contribution in [-0.4, -0.2) is 4.57 Å². The molecule has 13 aromatic rings. The molecule has 0 fully saturated rings. The van der Waals surface area contributed by atoms with Crippen molar-refractivity contribution in [2.45, 2.75) is 24.7 Å². The van der Waals surface area contributed by atoms with E-state index in [0.717, 1.165) is 44.9 Å². The number of hydrogen-bond donors (Lipinski definition) is 0. The molecule has 78 heavy (non-hydrogen) atoms. The fraction of sp³-hybridized carbons (Fsp3) is 0.0526. The zero-order valence-electron chi connectivity index (χ0n) is 43.5. The number of rotatable bonds is 7. The monoisotopic (exact) mass is 992 g/mol. The molecule has 2 heteroatoms. The smallest absolute Gasteiger partial charge is 0.0725 e. The second-order valence-electron chi connectivity index (χ2n) is 21.9. The van der Waals surface area contributed by atoms with Gasteiger partial charge >= 0.3 is 0 Å². The van der Waals surface area contributed by atoms with Crippen molar-refractivity contribution in [2.24, 2.45) is 0 Å². The van der Waals surface area contributed by atoms with Crippen molar-refractivity contribution in [3.8, 4) is 72.4 Å². The van der Waals surface area contributed by atoms with Gasteiger partial charge in [0, 0.05) is 38.8 Å². The van der Waals surface area contributed by atoms with Crippen molar-refractivity contribution in [2.75, 3.05) is 4.90 Å². The third kappa shape index (κ3) is 6.20. The van der Waals surface area contributed by atoms with Crippen molar-refractivity contribution in [3.63, 3.8) is 0 Å². The molecule has 366 valence electrons. The quantitative estimate of drug-likeness (QED) is 0.154. The molecule has 0 aliphatic heterocycles. The van der Waals surface area contributed by atoms with Crippen LogP contribution in [0.5, 0.6) is 0 Å². The largest absolute Gasteiger partial charge is 0.310 e. The molecule has 3 aliphatic carbocycles. The lowest BCUT2D eigenvalue weighted by molar-refractivity contribution is 0.660. The lowest BCUT2D eigenvalue weighted by Crippen LogP contribution is -2.25. The molecule has 12 aromatic carbocycles. The van der Waals surface area contributed by atoms with Crippen LogP contribution in [0, 0.1) is 0 Å². The van der Waals surface area contributed by atoms with E-state index in [2.05, 4.69) is 302 Å². The Labute approximate surface area is 455 Å². The highest BCUT2D eigenvalue weighted by Gasteiger charge is 2.52. The summed E-state index contributed by atoms with van der Waals surface area (Å²) in [6, 6.07) is 104. The van der Waals surface area contributed by atoms with E-state index in [0.29, 0.717) is 0 Å². The molecule has 0 bridgehead atoms. The summed E-state index contributed by atoms with van der Waals surface area (Å²) in [4.78, 5) is 2.47. The molecule has 16 rings (SSSR count). The first-order valence-electron chi connectivity index (χ1n) is 27.3. The third-order valence-corrected chi connectivity index (χ3v) is 17.6. The molecule has 0 amide bonds. The van der Waals surface area contributed by atoms with Crippen molar-refractivity contribution in [3.05, 3.63) is 312 Å². The van der Waals surface area contributed by atoms with Crippen LogP contribution in [0.3, 0.4) is 0 Å². The van der Waals surface area contributed by atoms with Gasteiger partial charge in [-0.1, -0.05) is 238 Å². The van der Waals surface area contributed by atoms with Crippen molar-refractivity contribution in [1.29, 1.82) is 0 Å². The number of nitrogens with zero attached hydrogens (tertiary/aromatic N) is 2. The van der Waals surface area contributed by atoms with Crippen LogP contribution in [0.15, 0.2) is 279 Å². The molecule has 2 nitrogen and oxygen atoms in total. The van der Waals surface area contributed by atoms with Gasteiger partial charge in [0.05, 0.1) is 22.1 Å². The number of benzene rings is 12. The van der Waals surface area contributed by atoms with E-state index >= 15 is 0 Å². The SMILES string of the molecule is CC1(C)c2ccccc2-c2ccc(N(c3ccccc3)c3cc(-c4ccccc4)c4c5ccccc5n(-c5ccc(-c6cccc7c6-c6ccccc6C76c7ccccc7-c7ccccc76)cc5-c5ccccc5)c4c3)cc21. The minimum Gasteiger partial charge on any atom is -0.310 e. The van der Waals surface area contributed by atoms with Crippen LogP contribution in [0.2, 0.25) is 0 Å². The lowest BCUT2D eigenvalue weighted by Gasteiger charge is -2.30. The Bertz CT molecular complexity index is 4530. The summed E-state index contributed by atoms with van der Waals surface area (Å²) in [5.74, 6) is 0. The van der Waals surface area contributed by atoms with Crippen LogP contribution < -0.4 is 4.90 Å². The summed E-state index contributed by atoms with van der Waals surface area (Å²) < 4.78 is 2.55. The van der Waals surface area contributed by atoms with E-state index in [4.69, 9.17) is 0 Å². The number of para-hydroxylation sites is 2. The van der Waals surface area contributed by atoms with Gasteiger partial charge in [-0.2, -0.15) is 0 Å². The molecule has 0 N–H and O–H groups in total. The van der Waals surface area contributed by atoms with Gasteiger partial charge in [-0.3, -0.25) is 0 Å². The highest BCUT2D eigenvalue weighted by atomic mass is 15.1. The highest BCUT2D eigenvalue weighted by molar-refractivity contribution is 6.17. The number of hydrogen-bond acceptors (Lipinski definition) is 1. The molecule has 0 unspecified atom stereocenters. The Kier molecular flexibility index (Phi) is 9.63. The Morgan fingerprint density at radius 1 is 0.295 bits per heavy atom. The third-order valence-electron chi connectivity index (χ3n) is 17.6. The Morgan fingerprint density at radius 2 is 0.821 bits per heavy atom. The second kappa shape index (κ2) is 16.9. The maximum Gasteiger partial charge on any atom is 0.0725 e. The van der Waals surface area contributed by atoms with Gasteiger partial charge in [-0.05, 0) is 149 Å². The molecule has 1 heterocycles. The lowest BCUT2D eigenvalue weighted by atomic mass is 9.70. The maximum atomic E-state index is 2.55. The maximum absolute atomic E-state index is 2.55. The summed E-state index contributed by atoms with van der Waals surface area (Å²) >= 11 is 0. The van der Waals surface area contributed by atoms with Crippen LogP contribution >= 0.6 is 0 Å². The molecule has 0 saturated carbocycles. The average molecular weight is 993 g/mol. The minimum atomic E-state index is -0.427. The second-order valence-corrected chi connectivity index (χ2v) is 21.9. The van der Waals surface area contributed by atoms with E-state index in [1.165, 1.54) is 99.8 Å². The minimum absolute atomic E-state index is 0.159. The van der Waals surface area contributed by atoms with Gasteiger partial charge in [-0.25, -0.2) is 0 Å². The van der Waals surface area contributed by atoms with Crippen LogP contribution in [0.4, 0.5) is 17.1 Å².